The summed E-state index contributed by atoms with van der Waals surface area (Å²) in [6.07, 6.45) is 1.97. The Morgan fingerprint density at radius 2 is 2.14 bits per heavy atom. The van der Waals surface area contributed by atoms with Crippen molar-refractivity contribution in [3.63, 3.8) is 0 Å². The molecule has 1 aromatic carbocycles. The van der Waals surface area contributed by atoms with Gasteiger partial charge in [-0.3, -0.25) is 4.79 Å². The minimum atomic E-state index is -0.399. The summed E-state index contributed by atoms with van der Waals surface area (Å²) >= 11 is 0. The predicted molar refractivity (Wildman–Crippen MR) is 88.0 cm³/mol. The highest BCUT2D eigenvalue weighted by atomic mass is 16.6. The summed E-state index contributed by atoms with van der Waals surface area (Å²) in [5.41, 5.74) is 3.69. The van der Waals surface area contributed by atoms with E-state index in [1.54, 1.807) is 0 Å². The van der Waals surface area contributed by atoms with E-state index in [0.29, 0.717) is 0 Å². The molecule has 1 atom stereocenters. The minimum Gasteiger partial charge on any atom is -0.460 e. The molecule has 0 bridgehead atoms. The molecule has 1 fully saturated rings. The summed E-state index contributed by atoms with van der Waals surface area (Å²) in [6.45, 7) is 9.50. The smallest absolute Gasteiger partial charge is 0.311 e. The van der Waals surface area contributed by atoms with Crippen LogP contribution in [-0.4, -0.2) is 31.2 Å². The molecule has 120 valence electrons. The van der Waals surface area contributed by atoms with Crippen LogP contribution in [0.5, 0.6) is 0 Å². The zero-order valence-corrected chi connectivity index (χ0v) is 13.8. The van der Waals surface area contributed by atoms with Crippen LogP contribution in [0.1, 0.15) is 38.3 Å². The average molecular weight is 302 g/mol. The maximum Gasteiger partial charge on any atom is 0.311 e. The predicted octanol–water partition coefficient (Wildman–Crippen LogP) is 2.50. The zero-order valence-electron chi connectivity index (χ0n) is 13.8. The molecule has 1 N–H and O–H groups in total. The van der Waals surface area contributed by atoms with Crippen molar-refractivity contribution in [1.82, 2.24) is 5.32 Å². The highest BCUT2D eigenvalue weighted by molar-refractivity contribution is 5.74. The first kappa shape index (κ1) is 15.3. The number of nitrogens with one attached hydrogen (secondary N) is 1. The molecule has 22 heavy (non-hydrogen) atoms. The van der Waals surface area contributed by atoms with Crippen LogP contribution in [0.25, 0.3) is 0 Å². The molecule has 0 saturated carbocycles. The normalized spacial score (nSPS) is 21.6. The summed E-state index contributed by atoms with van der Waals surface area (Å²) < 4.78 is 5.52. The van der Waals surface area contributed by atoms with E-state index in [1.165, 1.54) is 16.8 Å². The van der Waals surface area contributed by atoms with Gasteiger partial charge in [0.05, 0.1) is 5.92 Å². The third-order valence-electron chi connectivity index (χ3n) is 4.37. The molecule has 0 aliphatic carbocycles. The first-order valence-electron chi connectivity index (χ1n) is 8.23. The fraction of sp³-hybridized carbons (Fsp3) is 0.611. The van der Waals surface area contributed by atoms with E-state index in [4.69, 9.17) is 4.74 Å². The van der Waals surface area contributed by atoms with Crippen LogP contribution < -0.4 is 10.2 Å². The molecule has 0 aromatic heterocycles. The molecule has 4 heteroatoms. The average Bonchev–Trinajstić information content (AvgIpc) is 2.95. The van der Waals surface area contributed by atoms with Gasteiger partial charge in [0.1, 0.15) is 5.60 Å². The van der Waals surface area contributed by atoms with Gasteiger partial charge in [-0.05, 0) is 63.4 Å². The molecule has 0 amide bonds. The standard InChI is InChI=1S/C18H26N2O2/c1-18(2,3)22-17(21)15-7-9-20(12-15)16-5-4-14-11-19-8-6-13(14)10-16/h4-5,10,15,19H,6-9,11-12H2,1-3H3. The number of ether oxygens (including phenoxy) is 1. The Labute approximate surface area is 132 Å². The van der Waals surface area contributed by atoms with Gasteiger partial charge in [-0.25, -0.2) is 0 Å². The van der Waals surface area contributed by atoms with Gasteiger partial charge in [-0.15, -0.1) is 0 Å². The Balaban J connectivity index is 1.66. The molecule has 1 saturated heterocycles. The lowest BCUT2D eigenvalue weighted by molar-refractivity contribution is -0.159. The molecule has 1 aromatic rings. The Kier molecular flexibility index (Phi) is 4.13. The number of carbonyl (C=O) groups is 1. The summed E-state index contributed by atoms with van der Waals surface area (Å²) in [5.74, 6) is -0.0610. The maximum absolute atomic E-state index is 12.2. The number of benzene rings is 1. The van der Waals surface area contributed by atoms with Crippen molar-refractivity contribution in [2.24, 2.45) is 5.92 Å². The highest BCUT2D eigenvalue weighted by Gasteiger charge is 2.32. The summed E-state index contributed by atoms with van der Waals surface area (Å²) in [4.78, 5) is 14.5. The summed E-state index contributed by atoms with van der Waals surface area (Å²) in [5, 5.41) is 3.40. The fourth-order valence-electron chi connectivity index (χ4n) is 3.23. The van der Waals surface area contributed by atoms with E-state index < -0.39 is 5.60 Å². The molecular weight excluding hydrogens is 276 g/mol. The van der Waals surface area contributed by atoms with Gasteiger partial charge >= 0.3 is 5.97 Å². The van der Waals surface area contributed by atoms with Gasteiger partial charge in [0.25, 0.3) is 0 Å². The molecule has 3 rings (SSSR count). The van der Waals surface area contributed by atoms with E-state index in [0.717, 1.165) is 39.0 Å². The maximum atomic E-state index is 12.2. The third-order valence-corrected chi connectivity index (χ3v) is 4.37. The van der Waals surface area contributed by atoms with Crippen LogP contribution in [0.3, 0.4) is 0 Å². The number of nitrogens with zero attached hydrogens (tertiary/aromatic N) is 1. The number of hydrogen-bond acceptors (Lipinski definition) is 4. The number of esters is 1. The van der Waals surface area contributed by atoms with E-state index >= 15 is 0 Å². The van der Waals surface area contributed by atoms with Crippen molar-refractivity contribution in [3.8, 4) is 0 Å². The Morgan fingerprint density at radius 3 is 2.91 bits per heavy atom. The molecule has 1 unspecified atom stereocenters. The van der Waals surface area contributed by atoms with Crippen LogP contribution in [0.2, 0.25) is 0 Å². The monoisotopic (exact) mass is 302 g/mol. The molecule has 2 aliphatic heterocycles. The van der Waals surface area contributed by atoms with Crippen molar-refractivity contribution in [1.29, 1.82) is 0 Å². The van der Waals surface area contributed by atoms with Crippen molar-refractivity contribution in [3.05, 3.63) is 29.3 Å². The summed E-state index contributed by atoms with van der Waals surface area (Å²) in [7, 11) is 0. The number of rotatable bonds is 2. The van der Waals surface area contributed by atoms with Gasteiger partial charge in [0.2, 0.25) is 0 Å². The Bertz CT molecular complexity index is 563. The Morgan fingerprint density at radius 1 is 1.32 bits per heavy atom. The lowest BCUT2D eigenvalue weighted by Gasteiger charge is -2.24. The minimum absolute atomic E-state index is 0.00285. The molecule has 2 heterocycles. The van der Waals surface area contributed by atoms with E-state index in [1.807, 2.05) is 20.8 Å². The SMILES string of the molecule is CC(C)(C)OC(=O)C1CCN(c2ccc3c(c2)CCNC3)C1. The lowest BCUT2D eigenvalue weighted by Crippen LogP contribution is -2.30. The first-order chi connectivity index (χ1) is 10.4. The molecular formula is C18H26N2O2. The largest absolute Gasteiger partial charge is 0.460 e. The Hall–Kier alpha value is -1.55. The van der Waals surface area contributed by atoms with Crippen LogP contribution >= 0.6 is 0 Å². The van der Waals surface area contributed by atoms with E-state index in [2.05, 4.69) is 28.4 Å². The first-order valence-corrected chi connectivity index (χ1v) is 8.23. The number of hydrogen-bond donors (Lipinski definition) is 1. The van der Waals surface area contributed by atoms with E-state index in [-0.39, 0.29) is 11.9 Å². The number of anilines is 1. The second kappa shape index (κ2) is 5.92. The fourth-order valence-corrected chi connectivity index (χ4v) is 3.23. The van der Waals surface area contributed by atoms with Crippen LogP contribution in [0, 0.1) is 5.92 Å². The molecule has 4 nitrogen and oxygen atoms in total. The van der Waals surface area contributed by atoms with Crippen molar-refractivity contribution in [2.45, 2.75) is 45.8 Å². The van der Waals surface area contributed by atoms with Gasteiger partial charge in [-0.1, -0.05) is 6.07 Å². The van der Waals surface area contributed by atoms with Crippen molar-refractivity contribution < 1.29 is 9.53 Å². The van der Waals surface area contributed by atoms with Gasteiger partial charge in [-0.2, -0.15) is 0 Å². The van der Waals surface area contributed by atoms with Crippen molar-refractivity contribution >= 4 is 11.7 Å². The highest BCUT2D eigenvalue weighted by Crippen LogP contribution is 2.28. The third kappa shape index (κ3) is 3.43. The van der Waals surface area contributed by atoms with Crippen molar-refractivity contribution in [2.75, 3.05) is 24.5 Å². The number of fused-ring (bicyclic) bond motifs is 1. The second-order valence-electron chi connectivity index (χ2n) is 7.34. The number of carbonyl (C=O) groups excluding carboxylic acids is 1. The quantitative estimate of drug-likeness (QED) is 0.852. The zero-order chi connectivity index (χ0) is 15.7. The van der Waals surface area contributed by atoms with Crippen LogP contribution in [0.4, 0.5) is 5.69 Å². The lowest BCUT2D eigenvalue weighted by atomic mass is 10.00. The van der Waals surface area contributed by atoms with Gasteiger partial charge < -0.3 is 15.0 Å². The molecule has 2 aliphatic rings. The van der Waals surface area contributed by atoms with E-state index in [9.17, 15) is 4.79 Å². The molecule has 0 spiro atoms. The second-order valence-corrected chi connectivity index (χ2v) is 7.34. The summed E-state index contributed by atoms with van der Waals surface area (Å²) in [6, 6.07) is 6.70. The van der Waals surface area contributed by atoms with Crippen LogP contribution in [-0.2, 0) is 22.5 Å². The topological polar surface area (TPSA) is 41.6 Å². The van der Waals surface area contributed by atoms with Gasteiger partial charge in [0.15, 0.2) is 0 Å². The molecule has 0 radical (unpaired) electrons. The van der Waals surface area contributed by atoms with Crippen LogP contribution in [0.15, 0.2) is 18.2 Å². The van der Waals surface area contributed by atoms with Gasteiger partial charge in [0, 0.05) is 25.3 Å².